The molecule has 0 bridgehead atoms. The first-order chi connectivity index (χ1) is 9.76. The zero-order valence-electron chi connectivity index (χ0n) is 11.8. The molecule has 0 radical (unpaired) electrons. The Morgan fingerprint density at radius 2 is 1.50 bits per heavy atom. The monoisotopic (exact) mass is 269 g/mol. The van der Waals surface area contributed by atoms with Gasteiger partial charge in [-0.25, -0.2) is 0 Å². The number of carbonyl (C=O) groups excluding carboxylic acids is 1. The normalized spacial score (nSPS) is 11.8. The summed E-state index contributed by atoms with van der Waals surface area (Å²) in [6.45, 7) is 4.36. The van der Waals surface area contributed by atoms with Crippen molar-refractivity contribution < 1.29 is 9.53 Å². The van der Waals surface area contributed by atoms with Crippen molar-refractivity contribution >= 4 is 11.6 Å². The Bertz CT molecular complexity index is 591. The molecule has 3 heteroatoms. The first-order valence-corrected chi connectivity index (χ1v) is 6.93. The van der Waals surface area contributed by atoms with Gasteiger partial charge in [-0.1, -0.05) is 51.0 Å². The summed E-state index contributed by atoms with van der Waals surface area (Å²) in [4.78, 5) is 11.9. The molecule has 1 heterocycles. The van der Waals surface area contributed by atoms with Crippen molar-refractivity contribution in [3.05, 3.63) is 54.1 Å². The largest absolute Gasteiger partial charge is 0.454 e. The highest BCUT2D eigenvalue weighted by Gasteiger charge is 2.19. The quantitative estimate of drug-likeness (QED) is 0.803. The standard InChI is InChI=1S/C13H9NO2.C4H10/c15-13-9-5-1-3-7-11(9)16-12-8-4-2-6-10(12)14-13;1-3-4-2/h1-8H,(H,14,15);3-4H2,1-2H3. The molecule has 20 heavy (non-hydrogen) atoms. The first kappa shape index (κ1) is 14.1. The number of fused-ring (bicyclic) bond motifs is 2. The number of nitrogens with one attached hydrogen (secondary N) is 1. The molecule has 104 valence electrons. The zero-order valence-corrected chi connectivity index (χ0v) is 11.8. The molecule has 1 amide bonds. The van der Waals surface area contributed by atoms with Crippen molar-refractivity contribution in [3.8, 4) is 11.5 Å². The summed E-state index contributed by atoms with van der Waals surface area (Å²) in [5.74, 6) is 1.12. The molecule has 2 aromatic rings. The molecule has 0 unspecified atom stereocenters. The van der Waals surface area contributed by atoms with Gasteiger partial charge in [0.1, 0.15) is 5.75 Å². The predicted molar refractivity (Wildman–Crippen MR) is 81.5 cm³/mol. The van der Waals surface area contributed by atoms with Crippen molar-refractivity contribution in [3.63, 3.8) is 0 Å². The minimum atomic E-state index is -0.138. The Balaban J connectivity index is 0.000000328. The summed E-state index contributed by atoms with van der Waals surface area (Å²) in [5, 5.41) is 2.81. The van der Waals surface area contributed by atoms with Crippen LogP contribution in [0.3, 0.4) is 0 Å². The van der Waals surface area contributed by atoms with Gasteiger partial charge in [0, 0.05) is 0 Å². The SMILES string of the molecule is CCCC.O=C1Nc2ccccc2Oc2ccccc21. The van der Waals surface area contributed by atoms with E-state index in [1.807, 2.05) is 36.4 Å². The zero-order chi connectivity index (χ0) is 14.4. The Morgan fingerprint density at radius 1 is 0.900 bits per heavy atom. The van der Waals surface area contributed by atoms with Crippen molar-refractivity contribution in [2.75, 3.05) is 5.32 Å². The number of anilines is 1. The molecule has 0 spiro atoms. The van der Waals surface area contributed by atoms with Crippen molar-refractivity contribution in [2.45, 2.75) is 26.7 Å². The first-order valence-electron chi connectivity index (χ1n) is 6.93. The number of ether oxygens (including phenoxy) is 1. The molecule has 1 aliphatic rings. The fourth-order valence-corrected chi connectivity index (χ4v) is 1.71. The molecular formula is C17H19NO2. The van der Waals surface area contributed by atoms with Crippen molar-refractivity contribution in [1.29, 1.82) is 0 Å². The summed E-state index contributed by atoms with van der Waals surface area (Å²) in [7, 11) is 0. The Kier molecular flexibility index (Phi) is 4.77. The number of hydrogen-bond acceptors (Lipinski definition) is 2. The van der Waals surface area contributed by atoms with Crippen LogP contribution in [0, 0.1) is 0 Å². The van der Waals surface area contributed by atoms with E-state index in [4.69, 9.17) is 4.74 Å². The molecule has 3 rings (SSSR count). The molecule has 1 aliphatic heterocycles. The predicted octanol–water partition coefficient (Wildman–Crippen LogP) is 4.85. The third kappa shape index (κ3) is 3.18. The van der Waals surface area contributed by atoms with Gasteiger partial charge in [0.05, 0.1) is 11.3 Å². The Labute approximate surface area is 119 Å². The maximum Gasteiger partial charge on any atom is 0.259 e. The highest BCUT2D eigenvalue weighted by atomic mass is 16.5. The maximum atomic E-state index is 11.9. The van der Waals surface area contributed by atoms with E-state index in [1.54, 1.807) is 12.1 Å². The molecule has 0 aromatic heterocycles. The maximum absolute atomic E-state index is 11.9. The second-order valence-corrected chi connectivity index (χ2v) is 4.55. The highest BCUT2D eigenvalue weighted by Crippen LogP contribution is 2.34. The van der Waals surface area contributed by atoms with Gasteiger partial charge in [-0.05, 0) is 24.3 Å². The van der Waals surface area contributed by atoms with E-state index < -0.39 is 0 Å². The van der Waals surface area contributed by atoms with Gasteiger partial charge in [-0.3, -0.25) is 4.79 Å². The second kappa shape index (κ2) is 6.75. The molecule has 0 aliphatic carbocycles. The Hall–Kier alpha value is -2.29. The summed E-state index contributed by atoms with van der Waals surface area (Å²) >= 11 is 0. The molecule has 0 saturated carbocycles. The lowest BCUT2D eigenvalue weighted by Gasteiger charge is -2.06. The average Bonchev–Trinajstić information content (AvgIpc) is 2.63. The van der Waals surface area contributed by atoms with E-state index in [9.17, 15) is 4.79 Å². The molecule has 3 nitrogen and oxygen atoms in total. The number of benzene rings is 2. The van der Waals surface area contributed by atoms with Crippen molar-refractivity contribution in [1.82, 2.24) is 0 Å². The lowest BCUT2D eigenvalue weighted by atomic mass is 10.2. The van der Waals surface area contributed by atoms with Crippen LogP contribution in [0.5, 0.6) is 11.5 Å². The topological polar surface area (TPSA) is 38.3 Å². The summed E-state index contributed by atoms with van der Waals surface area (Å²) < 4.78 is 5.69. The van der Waals surface area contributed by atoms with Crippen LogP contribution in [0.1, 0.15) is 37.0 Å². The number of rotatable bonds is 1. The van der Waals surface area contributed by atoms with E-state index in [0.717, 1.165) is 0 Å². The number of hydrogen-bond donors (Lipinski definition) is 1. The van der Waals surface area contributed by atoms with E-state index >= 15 is 0 Å². The van der Waals surface area contributed by atoms with Crippen LogP contribution >= 0.6 is 0 Å². The lowest BCUT2D eigenvalue weighted by Crippen LogP contribution is -2.09. The minimum absolute atomic E-state index is 0.138. The Morgan fingerprint density at radius 3 is 2.20 bits per heavy atom. The molecular weight excluding hydrogens is 250 g/mol. The third-order valence-corrected chi connectivity index (χ3v) is 2.99. The van der Waals surface area contributed by atoms with Crippen LogP contribution in [0.15, 0.2) is 48.5 Å². The third-order valence-electron chi connectivity index (χ3n) is 2.99. The highest BCUT2D eigenvalue weighted by molar-refractivity contribution is 6.07. The van der Waals surface area contributed by atoms with Crippen LogP contribution in [-0.4, -0.2) is 5.91 Å². The fraction of sp³-hybridized carbons (Fsp3) is 0.235. The van der Waals surface area contributed by atoms with E-state index in [0.29, 0.717) is 22.7 Å². The van der Waals surface area contributed by atoms with Crippen LogP contribution < -0.4 is 10.1 Å². The van der Waals surface area contributed by atoms with Gasteiger partial charge < -0.3 is 10.1 Å². The summed E-state index contributed by atoms with van der Waals surface area (Å²) in [6, 6.07) is 14.6. The molecule has 0 saturated heterocycles. The van der Waals surface area contributed by atoms with Crippen molar-refractivity contribution in [2.24, 2.45) is 0 Å². The smallest absolute Gasteiger partial charge is 0.259 e. The van der Waals surface area contributed by atoms with Crippen LogP contribution in [0.4, 0.5) is 5.69 Å². The minimum Gasteiger partial charge on any atom is -0.454 e. The van der Waals surface area contributed by atoms with Gasteiger partial charge in [-0.15, -0.1) is 0 Å². The number of para-hydroxylation sites is 3. The van der Waals surface area contributed by atoms with Gasteiger partial charge in [-0.2, -0.15) is 0 Å². The van der Waals surface area contributed by atoms with Gasteiger partial charge >= 0.3 is 0 Å². The summed E-state index contributed by atoms with van der Waals surface area (Å²) in [5.41, 5.74) is 1.25. The van der Waals surface area contributed by atoms with E-state index in [-0.39, 0.29) is 5.91 Å². The lowest BCUT2D eigenvalue weighted by molar-refractivity contribution is 0.102. The van der Waals surface area contributed by atoms with Gasteiger partial charge in [0.15, 0.2) is 5.75 Å². The molecule has 0 atom stereocenters. The average molecular weight is 269 g/mol. The number of carbonyl (C=O) groups is 1. The van der Waals surface area contributed by atoms with E-state index in [1.165, 1.54) is 12.8 Å². The van der Waals surface area contributed by atoms with Crippen LogP contribution in [0.25, 0.3) is 0 Å². The molecule has 0 fully saturated rings. The second-order valence-electron chi connectivity index (χ2n) is 4.55. The van der Waals surface area contributed by atoms with E-state index in [2.05, 4.69) is 19.2 Å². The van der Waals surface area contributed by atoms with Gasteiger partial charge in [0.2, 0.25) is 0 Å². The van der Waals surface area contributed by atoms with Crippen LogP contribution in [0.2, 0.25) is 0 Å². The van der Waals surface area contributed by atoms with Crippen LogP contribution in [-0.2, 0) is 0 Å². The molecule has 2 aromatic carbocycles. The molecule has 1 N–H and O–H groups in total. The number of unbranched alkanes of at least 4 members (excludes halogenated alkanes) is 1. The fourth-order valence-electron chi connectivity index (χ4n) is 1.71. The summed E-state index contributed by atoms with van der Waals surface area (Å²) in [6.07, 6.45) is 2.64. The number of amides is 1. The van der Waals surface area contributed by atoms with Gasteiger partial charge in [0.25, 0.3) is 5.91 Å².